The van der Waals surface area contributed by atoms with Crippen molar-refractivity contribution in [2.75, 3.05) is 0 Å². The van der Waals surface area contributed by atoms with E-state index in [9.17, 15) is 5.11 Å². The zero-order chi connectivity index (χ0) is 9.47. The first kappa shape index (κ1) is 9.00. The van der Waals surface area contributed by atoms with Gasteiger partial charge in [0, 0.05) is 10.6 Å². The van der Waals surface area contributed by atoms with E-state index in [1.54, 1.807) is 18.2 Å². The summed E-state index contributed by atoms with van der Waals surface area (Å²) < 4.78 is 0. The lowest BCUT2D eigenvalue weighted by molar-refractivity contribution is 0.151. The van der Waals surface area contributed by atoms with E-state index in [0.29, 0.717) is 5.02 Å². The Morgan fingerprint density at radius 3 is 2.54 bits per heavy atom. The Kier molecular flexibility index (Phi) is 2.06. The number of hydrogen-bond donors (Lipinski definition) is 2. The molecule has 0 saturated heterocycles. The topological polar surface area (TPSA) is 40.5 Å². The van der Waals surface area contributed by atoms with E-state index in [1.807, 2.05) is 0 Å². The van der Waals surface area contributed by atoms with E-state index in [4.69, 9.17) is 16.7 Å². The zero-order valence-corrected chi connectivity index (χ0v) is 7.88. The quantitative estimate of drug-likeness (QED) is 0.761. The first-order chi connectivity index (χ1) is 6.15. The number of rotatable bonds is 2. The van der Waals surface area contributed by atoms with Crippen LogP contribution in [-0.4, -0.2) is 10.2 Å². The minimum absolute atomic E-state index is 0.0154. The first-order valence-corrected chi connectivity index (χ1v) is 4.66. The summed E-state index contributed by atoms with van der Waals surface area (Å²) in [6, 6.07) is 5.28. The number of halogens is 1. The molecule has 0 radical (unpaired) electrons. The molecule has 0 aliphatic heterocycles. The Labute approximate surface area is 81.8 Å². The molecular formula is C10H11ClO2. The molecule has 2 nitrogen and oxygen atoms in total. The zero-order valence-electron chi connectivity index (χ0n) is 7.13. The van der Waals surface area contributed by atoms with Gasteiger partial charge in [-0.3, -0.25) is 0 Å². The molecule has 1 saturated carbocycles. The van der Waals surface area contributed by atoms with Crippen LogP contribution in [0.2, 0.25) is 5.02 Å². The van der Waals surface area contributed by atoms with Crippen LogP contribution in [0.1, 0.15) is 24.0 Å². The van der Waals surface area contributed by atoms with Crippen LogP contribution in [0, 0.1) is 0 Å². The van der Waals surface area contributed by atoms with Gasteiger partial charge in [-0.15, -0.1) is 0 Å². The van der Waals surface area contributed by atoms with Crippen molar-refractivity contribution in [3.8, 4) is 0 Å². The van der Waals surface area contributed by atoms with Crippen LogP contribution in [0.5, 0.6) is 0 Å². The van der Waals surface area contributed by atoms with Crippen LogP contribution >= 0.6 is 11.6 Å². The predicted octanol–water partition coefficient (Wildman–Crippen LogP) is 1.81. The minimum Gasteiger partial charge on any atom is -0.392 e. The average molecular weight is 199 g/mol. The predicted molar refractivity (Wildman–Crippen MR) is 50.5 cm³/mol. The maximum absolute atomic E-state index is 9.80. The lowest BCUT2D eigenvalue weighted by Gasteiger charge is -2.10. The second-order valence-corrected chi connectivity index (χ2v) is 3.91. The number of hydrogen-bond acceptors (Lipinski definition) is 2. The second-order valence-electron chi connectivity index (χ2n) is 3.50. The maximum Gasteiger partial charge on any atom is 0.0913 e. The average Bonchev–Trinajstić information content (AvgIpc) is 2.84. The Bertz CT molecular complexity index is 332. The molecule has 70 valence electrons. The van der Waals surface area contributed by atoms with E-state index in [2.05, 4.69) is 0 Å². The van der Waals surface area contributed by atoms with Crippen molar-refractivity contribution >= 4 is 11.6 Å². The highest BCUT2D eigenvalue weighted by Gasteiger charge is 2.43. The van der Waals surface area contributed by atoms with Crippen LogP contribution in [0.25, 0.3) is 0 Å². The van der Waals surface area contributed by atoms with Crippen molar-refractivity contribution in [2.45, 2.75) is 25.0 Å². The van der Waals surface area contributed by atoms with Gasteiger partial charge in [0.15, 0.2) is 0 Å². The highest BCUT2D eigenvalue weighted by atomic mass is 35.5. The van der Waals surface area contributed by atoms with Gasteiger partial charge in [0.25, 0.3) is 0 Å². The van der Waals surface area contributed by atoms with Gasteiger partial charge in [-0.25, -0.2) is 0 Å². The SMILES string of the molecule is OCc1ccc(C2(O)CC2)c(Cl)c1. The van der Waals surface area contributed by atoms with Crippen molar-refractivity contribution in [3.63, 3.8) is 0 Å². The third kappa shape index (κ3) is 1.57. The van der Waals surface area contributed by atoms with Crippen LogP contribution in [-0.2, 0) is 12.2 Å². The van der Waals surface area contributed by atoms with Crippen molar-refractivity contribution in [3.05, 3.63) is 34.3 Å². The molecule has 1 aromatic rings. The fourth-order valence-corrected chi connectivity index (χ4v) is 1.80. The number of aliphatic hydroxyl groups is 2. The molecule has 0 spiro atoms. The van der Waals surface area contributed by atoms with Gasteiger partial charge >= 0.3 is 0 Å². The molecule has 3 heteroatoms. The molecule has 0 aromatic heterocycles. The molecular weight excluding hydrogens is 188 g/mol. The largest absolute Gasteiger partial charge is 0.392 e. The minimum atomic E-state index is -0.689. The summed E-state index contributed by atoms with van der Waals surface area (Å²) in [5.74, 6) is 0. The first-order valence-electron chi connectivity index (χ1n) is 4.28. The molecule has 1 aromatic carbocycles. The third-order valence-corrected chi connectivity index (χ3v) is 2.75. The van der Waals surface area contributed by atoms with Crippen LogP contribution < -0.4 is 0 Å². The van der Waals surface area contributed by atoms with E-state index in [1.165, 1.54) is 0 Å². The number of aliphatic hydroxyl groups excluding tert-OH is 1. The van der Waals surface area contributed by atoms with Crippen molar-refractivity contribution in [1.29, 1.82) is 0 Å². The summed E-state index contributed by atoms with van der Waals surface area (Å²) in [6.07, 6.45) is 1.57. The van der Waals surface area contributed by atoms with Crippen molar-refractivity contribution in [2.24, 2.45) is 0 Å². The van der Waals surface area contributed by atoms with Crippen LogP contribution in [0.3, 0.4) is 0 Å². The number of benzene rings is 1. The molecule has 1 fully saturated rings. The lowest BCUT2D eigenvalue weighted by Crippen LogP contribution is -2.05. The molecule has 0 bridgehead atoms. The van der Waals surface area contributed by atoms with E-state index < -0.39 is 5.60 Å². The van der Waals surface area contributed by atoms with E-state index in [-0.39, 0.29) is 6.61 Å². The smallest absolute Gasteiger partial charge is 0.0913 e. The van der Waals surface area contributed by atoms with E-state index >= 15 is 0 Å². The molecule has 13 heavy (non-hydrogen) atoms. The van der Waals surface area contributed by atoms with Crippen molar-refractivity contribution in [1.82, 2.24) is 0 Å². The third-order valence-electron chi connectivity index (χ3n) is 2.44. The van der Waals surface area contributed by atoms with Gasteiger partial charge in [-0.2, -0.15) is 0 Å². The monoisotopic (exact) mass is 198 g/mol. The van der Waals surface area contributed by atoms with Gasteiger partial charge in [0.1, 0.15) is 0 Å². The Morgan fingerprint density at radius 2 is 2.08 bits per heavy atom. The Hall–Kier alpha value is -0.570. The molecule has 0 atom stereocenters. The normalized spacial score (nSPS) is 18.7. The van der Waals surface area contributed by atoms with Crippen molar-refractivity contribution < 1.29 is 10.2 Å². The lowest BCUT2D eigenvalue weighted by atomic mass is 10.1. The van der Waals surface area contributed by atoms with Gasteiger partial charge in [0.2, 0.25) is 0 Å². The molecule has 0 heterocycles. The van der Waals surface area contributed by atoms with Gasteiger partial charge in [-0.05, 0) is 24.5 Å². The summed E-state index contributed by atoms with van der Waals surface area (Å²) in [5.41, 5.74) is 0.870. The highest BCUT2D eigenvalue weighted by molar-refractivity contribution is 6.31. The fourth-order valence-electron chi connectivity index (χ4n) is 1.42. The molecule has 0 unspecified atom stereocenters. The molecule has 2 N–H and O–H groups in total. The van der Waals surface area contributed by atoms with Gasteiger partial charge < -0.3 is 10.2 Å². The summed E-state index contributed by atoms with van der Waals surface area (Å²) in [6.45, 7) is -0.0154. The second kappa shape index (κ2) is 2.98. The summed E-state index contributed by atoms with van der Waals surface area (Å²) in [4.78, 5) is 0. The van der Waals surface area contributed by atoms with Gasteiger partial charge in [0.05, 0.1) is 12.2 Å². The maximum atomic E-state index is 9.80. The standard InChI is InChI=1S/C10H11ClO2/c11-9-5-7(6-12)1-2-8(9)10(13)3-4-10/h1-2,5,12-13H,3-4,6H2. The molecule has 0 amide bonds. The summed E-state index contributed by atoms with van der Waals surface area (Å²) >= 11 is 5.96. The molecule has 1 aliphatic rings. The fraction of sp³-hybridized carbons (Fsp3) is 0.400. The van der Waals surface area contributed by atoms with E-state index in [0.717, 1.165) is 24.0 Å². The van der Waals surface area contributed by atoms with Crippen LogP contribution in [0.4, 0.5) is 0 Å². The summed E-state index contributed by atoms with van der Waals surface area (Å²) in [7, 11) is 0. The summed E-state index contributed by atoms with van der Waals surface area (Å²) in [5, 5.41) is 19.2. The van der Waals surface area contributed by atoms with Crippen LogP contribution in [0.15, 0.2) is 18.2 Å². The Morgan fingerprint density at radius 1 is 1.38 bits per heavy atom. The highest BCUT2D eigenvalue weighted by Crippen LogP contribution is 2.47. The molecule has 2 rings (SSSR count). The van der Waals surface area contributed by atoms with Gasteiger partial charge in [-0.1, -0.05) is 23.7 Å². The Balaban J connectivity index is 2.38. The molecule has 1 aliphatic carbocycles.